The zero-order chi connectivity index (χ0) is 14.7. The molecule has 0 atom stereocenters. The maximum atomic E-state index is 12.3. The lowest BCUT2D eigenvalue weighted by Crippen LogP contribution is -2.14. The molecule has 0 unspecified atom stereocenters. The predicted molar refractivity (Wildman–Crippen MR) is 73.5 cm³/mol. The second-order valence-corrected chi connectivity index (χ2v) is 4.22. The van der Waals surface area contributed by atoms with Crippen LogP contribution in [-0.2, 0) is 0 Å². The highest BCUT2D eigenvalue weighted by Crippen LogP contribution is 2.29. The fourth-order valence-corrected chi connectivity index (χ4v) is 1.90. The molecule has 1 amide bonds. The molecule has 0 aliphatic heterocycles. The summed E-state index contributed by atoms with van der Waals surface area (Å²) in [6.45, 7) is 3.41. The van der Waals surface area contributed by atoms with E-state index >= 15 is 0 Å². The number of rotatable bonds is 4. The highest BCUT2D eigenvalue weighted by atomic mass is 16.5. The van der Waals surface area contributed by atoms with Gasteiger partial charge >= 0.3 is 0 Å². The maximum absolute atomic E-state index is 12.3. The van der Waals surface area contributed by atoms with Crippen molar-refractivity contribution in [3.63, 3.8) is 0 Å². The maximum Gasteiger partial charge on any atom is 0.261 e. The first-order chi connectivity index (χ1) is 9.56. The Balaban J connectivity index is 2.32. The summed E-state index contributed by atoms with van der Waals surface area (Å²) in [7, 11) is 3.09. The molecule has 0 saturated heterocycles. The molecule has 0 fully saturated rings. The molecule has 1 N–H and O–H groups in total. The second-order valence-electron chi connectivity index (χ2n) is 4.22. The van der Waals surface area contributed by atoms with Gasteiger partial charge in [0.2, 0.25) is 0 Å². The number of nitrogens with one attached hydrogen (secondary N) is 1. The number of hydrogen-bond acceptors (Lipinski definition) is 5. The van der Waals surface area contributed by atoms with E-state index in [0.717, 1.165) is 0 Å². The Hall–Kier alpha value is -2.50. The lowest BCUT2D eigenvalue weighted by Gasteiger charge is -2.11. The van der Waals surface area contributed by atoms with Gasteiger partial charge in [-0.2, -0.15) is 0 Å². The van der Waals surface area contributed by atoms with E-state index in [1.54, 1.807) is 39.2 Å². The van der Waals surface area contributed by atoms with Crippen LogP contribution in [0.2, 0.25) is 0 Å². The number of aryl methyl sites for hydroxylation is 2. The zero-order valence-corrected chi connectivity index (χ0v) is 11.8. The van der Waals surface area contributed by atoms with Crippen molar-refractivity contribution in [2.24, 2.45) is 0 Å². The van der Waals surface area contributed by atoms with Crippen LogP contribution >= 0.6 is 0 Å². The van der Waals surface area contributed by atoms with Gasteiger partial charge in [0, 0.05) is 6.07 Å². The van der Waals surface area contributed by atoms with Gasteiger partial charge in [-0.05, 0) is 26.0 Å². The largest absolute Gasteiger partial charge is 0.497 e. The first kappa shape index (κ1) is 13.9. The Labute approximate surface area is 116 Å². The molecule has 0 aliphatic carbocycles. The normalized spacial score (nSPS) is 10.2. The molecule has 106 valence electrons. The number of hydrogen-bond donors (Lipinski definition) is 1. The minimum absolute atomic E-state index is 0.298. The minimum atomic E-state index is -0.298. The van der Waals surface area contributed by atoms with Crippen molar-refractivity contribution >= 4 is 11.6 Å². The molecule has 0 saturated carbocycles. The Bertz CT molecular complexity index is 615. The first-order valence-corrected chi connectivity index (χ1v) is 6.03. The van der Waals surface area contributed by atoms with Crippen LogP contribution in [0.4, 0.5) is 5.69 Å². The van der Waals surface area contributed by atoms with Gasteiger partial charge in [-0.25, -0.2) is 0 Å². The standard InChI is InChI=1S/C14H16N2O4/c1-8-13(9(2)20-16-8)14(17)15-11-7-10(18-3)5-6-12(11)19-4/h5-7H,1-4H3,(H,15,17). The van der Waals surface area contributed by atoms with Gasteiger partial charge < -0.3 is 19.3 Å². The van der Waals surface area contributed by atoms with Crippen molar-refractivity contribution in [3.8, 4) is 11.5 Å². The average Bonchev–Trinajstić information content (AvgIpc) is 2.78. The van der Waals surface area contributed by atoms with Crippen molar-refractivity contribution < 1.29 is 18.8 Å². The Morgan fingerprint density at radius 3 is 2.55 bits per heavy atom. The fourth-order valence-electron chi connectivity index (χ4n) is 1.90. The van der Waals surface area contributed by atoms with Gasteiger partial charge in [0.25, 0.3) is 5.91 Å². The molecule has 6 heteroatoms. The lowest BCUT2D eigenvalue weighted by atomic mass is 10.2. The molecule has 1 heterocycles. The monoisotopic (exact) mass is 276 g/mol. The van der Waals surface area contributed by atoms with E-state index in [1.165, 1.54) is 7.11 Å². The van der Waals surface area contributed by atoms with Crippen LogP contribution in [0, 0.1) is 13.8 Å². The number of ether oxygens (including phenoxy) is 2. The van der Waals surface area contributed by atoms with E-state index in [0.29, 0.717) is 34.2 Å². The summed E-state index contributed by atoms with van der Waals surface area (Å²) in [6, 6.07) is 5.17. The number of aromatic nitrogens is 1. The van der Waals surface area contributed by atoms with Crippen LogP contribution in [0.3, 0.4) is 0 Å². The Kier molecular flexibility index (Phi) is 3.93. The van der Waals surface area contributed by atoms with Crippen molar-refractivity contribution in [3.05, 3.63) is 35.2 Å². The molecule has 20 heavy (non-hydrogen) atoms. The molecule has 0 spiro atoms. The minimum Gasteiger partial charge on any atom is -0.497 e. The molecule has 2 rings (SSSR count). The first-order valence-electron chi connectivity index (χ1n) is 6.03. The summed E-state index contributed by atoms with van der Waals surface area (Å²) < 4.78 is 15.3. The van der Waals surface area contributed by atoms with Crippen molar-refractivity contribution in [1.82, 2.24) is 5.16 Å². The van der Waals surface area contributed by atoms with Gasteiger partial charge in [0.15, 0.2) is 0 Å². The van der Waals surface area contributed by atoms with Crippen molar-refractivity contribution in [1.29, 1.82) is 0 Å². The summed E-state index contributed by atoms with van der Waals surface area (Å²) in [4.78, 5) is 12.3. The van der Waals surface area contributed by atoms with Gasteiger partial charge in [0.05, 0.1) is 25.6 Å². The molecule has 0 bridgehead atoms. The third kappa shape index (κ3) is 2.59. The van der Waals surface area contributed by atoms with Gasteiger partial charge in [-0.1, -0.05) is 5.16 Å². The van der Waals surface area contributed by atoms with Gasteiger partial charge in [0.1, 0.15) is 22.8 Å². The van der Waals surface area contributed by atoms with Crippen LogP contribution in [0.25, 0.3) is 0 Å². The summed E-state index contributed by atoms with van der Waals surface area (Å²) in [5.41, 5.74) is 1.49. The molecule has 6 nitrogen and oxygen atoms in total. The van der Waals surface area contributed by atoms with Crippen LogP contribution in [-0.4, -0.2) is 25.3 Å². The predicted octanol–water partition coefficient (Wildman–Crippen LogP) is 2.56. The summed E-state index contributed by atoms with van der Waals surface area (Å²) >= 11 is 0. The molecule has 1 aromatic carbocycles. The SMILES string of the molecule is COc1ccc(OC)c(NC(=O)c2c(C)noc2C)c1. The van der Waals surface area contributed by atoms with Gasteiger partial charge in [-0.15, -0.1) is 0 Å². The number of anilines is 1. The smallest absolute Gasteiger partial charge is 0.261 e. The van der Waals surface area contributed by atoms with E-state index in [-0.39, 0.29) is 5.91 Å². The topological polar surface area (TPSA) is 73.6 Å². The zero-order valence-electron chi connectivity index (χ0n) is 11.8. The summed E-state index contributed by atoms with van der Waals surface area (Å²) in [5, 5.41) is 6.54. The van der Waals surface area contributed by atoms with E-state index in [2.05, 4.69) is 10.5 Å². The lowest BCUT2D eigenvalue weighted by molar-refractivity contribution is 0.102. The van der Waals surface area contributed by atoms with Crippen LogP contribution < -0.4 is 14.8 Å². The Morgan fingerprint density at radius 2 is 2.00 bits per heavy atom. The number of amides is 1. The third-order valence-corrected chi connectivity index (χ3v) is 2.92. The molecule has 0 aliphatic rings. The van der Waals surface area contributed by atoms with Crippen molar-refractivity contribution in [2.75, 3.05) is 19.5 Å². The number of benzene rings is 1. The second kappa shape index (κ2) is 5.64. The Morgan fingerprint density at radius 1 is 1.25 bits per heavy atom. The fraction of sp³-hybridized carbons (Fsp3) is 0.286. The van der Waals surface area contributed by atoms with Crippen LogP contribution in [0.15, 0.2) is 22.7 Å². The molecular formula is C14H16N2O4. The van der Waals surface area contributed by atoms with E-state index in [9.17, 15) is 4.79 Å². The van der Waals surface area contributed by atoms with Gasteiger partial charge in [-0.3, -0.25) is 4.79 Å². The molecule has 0 radical (unpaired) electrons. The van der Waals surface area contributed by atoms with E-state index in [4.69, 9.17) is 14.0 Å². The average molecular weight is 276 g/mol. The van der Waals surface area contributed by atoms with Crippen LogP contribution in [0.5, 0.6) is 11.5 Å². The highest BCUT2D eigenvalue weighted by molar-refractivity contribution is 6.06. The van der Waals surface area contributed by atoms with E-state index < -0.39 is 0 Å². The van der Waals surface area contributed by atoms with E-state index in [1.807, 2.05) is 0 Å². The number of carbonyl (C=O) groups is 1. The molecule has 2 aromatic rings. The van der Waals surface area contributed by atoms with Crippen LogP contribution in [0.1, 0.15) is 21.8 Å². The summed E-state index contributed by atoms with van der Waals surface area (Å²) in [5.74, 6) is 1.35. The number of nitrogens with zero attached hydrogens (tertiary/aromatic N) is 1. The molecule has 1 aromatic heterocycles. The third-order valence-electron chi connectivity index (χ3n) is 2.92. The summed E-state index contributed by atoms with van der Waals surface area (Å²) in [6.07, 6.45) is 0. The molecular weight excluding hydrogens is 260 g/mol. The number of methoxy groups -OCH3 is 2. The number of carbonyl (C=O) groups excluding carboxylic acids is 1. The highest BCUT2D eigenvalue weighted by Gasteiger charge is 2.19. The quantitative estimate of drug-likeness (QED) is 0.929. The van der Waals surface area contributed by atoms with Crippen molar-refractivity contribution in [2.45, 2.75) is 13.8 Å².